The van der Waals surface area contributed by atoms with Crippen molar-refractivity contribution in [1.82, 2.24) is 0 Å². The highest BCUT2D eigenvalue weighted by Gasteiger charge is 1.97. The summed E-state index contributed by atoms with van der Waals surface area (Å²) in [5.74, 6) is 0. The number of nitrogens with zero attached hydrogens (tertiary/aromatic N) is 1. The summed E-state index contributed by atoms with van der Waals surface area (Å²) in [5.41, 5.74) is 9.63. The van der Waals surface area contributed by atoms with E-state index < -0.39 is 7.71 Å². The standard InChI is InChI=1S/C15H13N.C3H6NP2/c1-2-12-3-7-14(8-4-12)15-9-5-13(11-16)6-10-15;1-6(4)3-2-5/h3-10H,2H2,1H3;4H,5H2,1H3/q;+1. The summed E-state index contributed by atoms with van der Waals surface area (Å²) >= 11 is 0. The first-order valence-corrected chi connectivity index (χ1v) is 9.23. The largest absolute Gasteiger partial charge is 0.284 e. The van der Waals surface area contributed by atoms with Crippen LogP contribution in [0.2, 0.25) is 0 Å². The molecular weight excluding hydrogens is 306 g/mol. The van der Waals surface area contributed by atoms with Gasteiger partial charge in [-0.25, -0.2) is 0 Å². The van der Waals surface area contributed by atoms with Gasteiger partial charge in [0.05, 0.1) is 11.6 Å². The summed E-state index contributed by atoms with van der Waals surface area (Å²) in [6, 6.07) is 18.3. The summed E-state index contributed by atoms with van der Waals surface area (Å²) in [7, 11) is 1.53. The first-order valence-electron chi connectivity index (χ1n) is 6.86. The Labute approximate surface area is 136 Å². The molecule has 2 unspecified atom stereocenters. The second-order valence-electron chi connectivity index (χ2n) is 4.55. The molecule has 0 radical (unpaired) electrons. The molecule has 0 saturated heterocycles. The van der Waals surface area contributed by atoms with Crippen molar-refractivity contribution < 1.29 is 0 Å². The Kier molecular flexibility index (Phi) is 8.10. The molecule has 0 aliphatic carbocycles. The molecular formula is C18H19N2P2+. The molecule has 2 nitrogen and oxygen atoms in total. The molecule has 0 amide bonds. The van der Waals surface area contributed by atoms with Crippen LogP contribution < -0.4 is 0 Å². The molecule has 2 atom stereocenters. The lowest BCUT2D eigenvalue weighted by Gasteiger charge is -2.03. The van der Waals surface area contributed by atoms with Crippen LogP contribution in [0.15, 0.2) is 48.5 Å². The van der Waals surface area contributed by atoms with E-state index in [1.54, 1.807) is 6.66 Å². The summed E-state index contributed by atoms with van der Waals surface area (Å²) in [4.78, 5) is 0. The lowest BCUT2D eigenvalue weighted by atomic mass is 10.0. The average molecular weight is 325 g/mol. The third kappa shape index (κ3) is 6.20. The van der Waals surface area contributed by atoms with Gasteiger partial charge in [0, 0.05) is 0 Å². The fraction of sp³-hybridized carbons (Fsp3) is 0.167. The third-order valence-corrected chi connectivity index (χ3v) is 3.79. The highest BCUT2D eigenvalue weighted by atomic mass is 31.1. The van der Waals surface area contributed by atoms with Crippen LogP contribution in [0.5, 0.6) is 0 Å². The molecule has 4 heteroatoms. The lowest BCUT2D eigenvalue weighted by Crippen LogP contribution is -1.82. The molecule has 0 aliphatic rings. The van der Waals surface area contributed by atoms with E-state index in [1.807, 2.05) is 24.3 Å². The van der Waals surface area contributed by atoms with Crippen LogP contribution in [0.3, 0.4) is 0 Å². The van der Waals surface area contributed by atoms with E-state index in [0.717, 1.165) is 12.0 Å². The highest BCUT2D eigenvalue weighted by Crippen LogP contribution is 2.20. The number of benzene rings is 2. The quantitative estimate of drug-likeness (QED) is 0.580. The Bertz CT molecular complexity index is 715. The van der Waals surface area contributed by atoms with E-state index in [1.165, 1.54) is 11.1 Å². The maximum absolute atomic E-state index is 8.72. The predicted molar refractivity (Wildman–Crippen MR) is 99.0 cm³/mol. The average Bonchev–Trinajstić information content (AvgIpc) is 2.55. The van der Waals surface area contributed by atoms with E-state index in [-0.39, 0.29) is 0 Å². The van der Waals surface area contributed by atoms with E-state index in [0.29, 0.717) is 5.56 Å². The maximum atomic E-state index is 8.72. The predicted octanol–water partition coefficient (Wildman–Crippen LogP) is 5.44. The van der Waals surface area contributed by atoms with Gasteiger partial charge in [0.1, 0.15) is 6.66 Å². The van der Waals surface area contributed by atoms with Crippen molar-refractivity contribution in [2.24, 2.45) is 0 Å². The van der Waals surface area contributed by atoms with Gasteiger partial charge in [-0.1, -0.05) is 52.6 Å². The molecule has 110 valence electrons. The Morgan fingerprint density at radius 1 is 1.05 bits per heavy atom. The van der Waals surface area contributed by atoms with Crippen molar-refractivity contribution in [3.8, 4) is 28.5 Å². The van der Waals surface area contributed by atoms with Crippen LogP contribution in [0.1, 0.15) is 18.1 Å². The van der Waals surface area contributed by atoms with Gasteiger partial charge in [0.2, 0.25) is 0 Å². The van der Waals surface area contributed by atoms with Crippen molar-refractivity contribution in [2.75, 3.05) is 6.66 Å². The Hall–Kier alpha value is -1.98. The normalized spacial score (nSPS) is 9.45. The number of hydrogen-bond acceptors (Lipinski definition) is 2. The van der Waals surface area contributed by atoms with Crippen LogP contribution in [0, 0.1) is 27.8 Å². The van der Waals surface area contributed by atoms with Crippen molar-refractivity contribution >= 4 is 17.0 Å². The van der Waals surface area contributed by atoms with Gasteiger partial charge in [0.25, 0.3) is 7.71 Å². The van der Waals surface area contributed by atoms with Gasteiger partial charge in [-0.3, -0.25) is 0 Å². The summed E-state index contributed by atoms with van der Waals surface area (Å²) in [6.45, 7) is 3.95. The molecule has 22 heavy (non-hydrogen) atoms. The van der Waals surface area contributed by atoms with Crippen molar-refractivity contribution in [3.05, 3.63) is 59.7 Å². The van der Waals surface area contributed by atoms with Crippen molar-refractivity contribution in [2.45, 2.75) is 13.3 Å². The number of nitriles is 1. The second kappa shape index (κ2) is 9.87. The maximum Gasteiger partial charge on any atom is 0.284 e. The Morgan fingerprint density at radius 2 is 1.55 bits per heavy atom. The minimum Gasteiger partial charge on any atom is -0.192 e. The SMILES string of the molecule is CCc1ccc(-c2ccc(C#N)cc2)cc1.C[P+](=N)C#CP. The molecule has 0 bridgehead atoms. The Balaban J connectivity index is 0.000000346. The fourth-order valence-electron chi connectivity index (χ4n) is 1.77. The number of rotatable bonds is 2. The lowest BCUT2D eigenvalue weighted by molar-refractivity contribution is 1.14. The van der Waals surface area contributed by atoms with Gasteiger partial charge < -0.3 is 0 Å². The molecule has 0 heterocycles. The number of hydrogen-bond donors (Lipinski definition) is 1. The molecule has 2 rings (SSSR count). The van der Waals surface area contributed by atoms with Crippen LogP contribution in [-0.2, 0) is 6.42 Å². The Morgan fingerprint density at radius 3 is 1.86 bits per heavy atom. The van der Waals surface area contributed by atoms with Crippen LogP contribution in [-0.4, -0.2) is 6.66 Å². The smallest absolute Gasteiger partial charge is 0.192 e. The zero-order valence-electron chi connectivity index (χ0n) is 12.8. The monoisotopic (exact) mass is 325 g/mol. The number of nitrogens with one attached hydrogen (secondary N) is 1. The van der Waals surface area contributed by atoms with Crippen molar-refractivity contribution in [1.29, 1.82) is 10.4 Å². The minimum atomic E-state index is -0.733. The first kappa shape index (κ1) is 18.1. The summed E-state index contributed by atoms with van der Waals surface area (Å²) in [5, 5.41) is 15.6. The van der Waals surface area contributed by atoms with Crippen molar-refractivity contribution in [3.63, 3.8) is 0 Å². The topological polar surface area (TPSA) is 47.6 Å². The molecule has 2 aromatic rings. The van der Waals surface area contributed by atoms with Gasteiger partial charge >= 0.3 is 0 Å². The molecule has 2 aromatic carbocycles. The second-order valence-corrected chi connectivity index (χ2v) is 6.19. The van der Waals surface area contributed by atoms with E-state index >= 15 is 0 Å². The molecule has 0 spiro atoms. The molecule has 1 N–H and O–H groups in total. The minimum absolute atomic E-state index is 0.703. The van der Waals surface area contributed by atoms with E-state index in [9.17, 15) is 0 Å². The molecule has 0 aliphatic heterocycles. The van der Waals surface area contributed by atoms with Crippen LogP contribution in [0.25, 0.3) is 11.1 Å². The zero-order chi connectivity index (χ0) is 16.4. The fourth-order valence-corrected chi connectivity index (χ4v) is 2.54. The van der Waals surface area contributed by atoms with Gasteiger partial charge in [-0.15, -0.1) is 5.16 Å². The summed E-state index contributed by atoms with van der Waals surface area (Å²) < 4.78 is 0. The van der Waals surface area contributed by atoms with Gasteiger partial charge in [-0.05, 0) is 40.9 Å². The third-order valence-electron chi connectivity index (χ3n) is 2.94. The summed E-state index contributed by atoms with van der Waals surface area (Å²) in [6.07, 6.45) is 1.06. The van der Waals surface area contributed by atoms with Gasteiger partial charge in [0.15, 0.2) is 5.66 Å². The number of aryl methyl sites for hydroxylation is 1. The van der Waals surface area contributed by atoms with E-state index in [4.69, 9.17) is 10.4 Å². The highest BCUT2D eigenvalue weighted by molar-refractivity contribution is 7.51. The van der Waals surface area contributed by atoms with Crippen LogP contribution in [0.4, 0.5) is 0 Å². The van der Waals surface area contributed by atoms with Gasteiger partial charge in [-0.2, -0.15) is 5.26 Å². The molecule has 0 fully saturated rings. The zero-order valence-corrected chi connectivity index (χ0v) is 14.8. The van der Waals surface area contributed by atoms with Crippen LogP contribution >= 0.6 is 17.0 Å². The molecule has 0 aromatic heterocycles. The first-order chi connectivity index (χ1) is 10.6. The van der Waals surface area contributed by atoms with E-state index in [2.05, 4.69) is 57.8 Å². The molecule has 0 saturated carbocycles.